The number of carbonyl (C=O) groups is 3. The van der Waals surface area contributed by atoms with Crippen molar-refractivity contribution in [1.29, 1.82) is 0 Å². The van der Waals surface area contributed by atoms with Gasteiger partial charge in [-0.2, -0.15) is 0 Å². The molecule has 0 radical (unpaired) electrons. The van der Waals surface area contributed by atoms with Crippen LogP contribution in [0.1, 0.15) is 43.0 Å². The standard InChI is InChI=1S/C19H26N2O5/c1-3-14-8-6-7-11-21(14)17(22)13-26-18(23)12-20-19(24)15-9-4-5-10-16(15)25-2/h4-5,9-10,14H,3,6-8,11-13H2,1-2H3,(H,20,24)/t14-/m1/s1. The molecule has 1 fully saturated rings. The van der Waals surface area contributed by atoms with Crippen molar-refractivity contribution in [3.63, 3.8) is 0 Å². The largest absolute Gasteiger partial charge is 0.496 e. The first-order chi connectivity index (χ1) is 12.6. The fourth-order valence-corrected chi connectivity index (χ4v) is 3.11. The summed E-state index contributed by atoms with van der Waals surface area (Å²) in [5.74, 6) is -0.843. The Morgan fingerprint density at radius 1 is 1.23 bits per heavy atom. The minimum Gasteiger partial charge on any atom is -0.496 e. The van der Waals surface area contributed by atoms with Crippen LogP contribution < -0.4 is 10.1 Å². The average Bonchev–Trinajstić information content (AvgIpc) is 2.69. The zero-order valence-corrected chi connectivity index (χ0v) is 15.3. The Labute approximate surface area is 153 Å². The second kappa shape index (κ2) is 9.79. The summed E-state index contributed by atoms with van der Waals surface area (Å²) in [4.78, 5) is 38.0. The predicted molar refractivity (Wildman–Crippen MR) is 95.9 cm³/mol. The highest BCUT2D eigenvalue weighted by atomic mass is 16.5. The van der Waals surface area contributed by atoms with Gasteiger partial charge < -0.3 is 19.7 Å². The van der Waals surface area contributed by atoms with Gasteiger partial charge in [0.25, 0.3) is 11.8 Å². The lowest BCUT2D eigenvalue weighted by atomic mass is 10.00. The molecule has 0 bridgehead atoms. The number of esters is 1. The van der Waals surface area contributed by atoms with E-state index in [1.807, 2.05) is 0 Å². The van der Waals surface area contributed by atoms with E-state index in [1.165, 1.54) is 7.11 Å². The molecule has 1 atom stereocenters. The van der Waals surface area contributed by atoms with Crippen molar-refractivity contribution in [2.45, 2.75) is 38.6 Å². The van der Waals surface area contributed by atoms with Crippen molar-refractivity contribution in [1.82, 2.24) is 10.2 Å². The minimum atomic E-state index is -0.647. The maximum absolute atomic E-state index is 12.3. The summed E-state index contributed by atoms with van der Waals surface area (Å²) in [6, 6.07) is 6.94. The van der Waals surface area contributed by atoms with Crippen LogP contribution in [0, 0.1) is 0 Å². The third-order valence-corrected chi connectivity index (χ3v) is 4.52. The smallest absolute Gasteiger partial charge is 0.325 e. The summed E-state index contributed by atoms with van der Waals surface area (Å²) in [6.45, 7) is 2.16. The molecular formula is C19H26N2O5. The maximum Gasteiger partial charge on any atom is 0.325 e. The molecule has 7 heteroatoms. The Kier molecular flexibility index (Phi) is 7.44. The van der Waals surface area contributed by atoms with E-state index in [9.17, 15) is 14.4 Å². The number of amides is 2. The normalized spacial score (nSPS) is 16.7. The Hall–Kier alpha value is -2.57. The van der Waals surface area contributed by atoms with Crippen molar-refractivity contribution >= 4 is 17.8 Å². The summed E-state index contributed by atoms with van der Waals surface area (Å²) in [5.41, 5.74) is 0.331. The van der Waals surface area contributed by atoms with Crippen molar-refractivity contribution < 1.29 is 23.9 Å². The van der Waals surface area contributed by atoms with Crippen LogP contribution in [0.15, 0.2) is 24.3 Å². The Balaban J connectivity index is 1.78. The number of methoxy groups -OCH3 is 1. The van der Waals surface area contributed by atoms with Crippen molar-refractivity contribution in [3.8, 4) is 5.75 Å². The van der Waals surface area contributed by atoms with Crippen LogP contribution in [0.25, 0.3) is 0 Å². The molecule has 1 heterocycles. The molecule has 2 rings (SSSR count). The van der Waals surface area contributed by atoms with E-state index in [0.29, 0.717) is 17.9 Å². The number of carbonyl (C=O) groups excluding carboxylic acids is 3. The highest BCUT2D eigenvalue weighted by Gasteiger charge is 2.26. The lowest BCUT2D eigenvalue weighted by molar-refractivity contribution is -0.152. The Morgan fingerprint density at radius 3 is 2.73 bits per heavy atom. The third-order valence-electron chi connectivity index (χ3n) is 4.52. The van der Waals surface area contributed by atoms with Gasteiger partial charge >= 0.3 is 5.97 Å². The molecular weight excluding hydrogens is 336 g/mol. The number of nitrogens with zero attached hydrogens (tertiary/aromatic N) is 1. The van der Waals surface area contributed by atoms with Gasteiger partial charge in [0.05, 0.1) is 12.7 Å². The molecule has 1 aliphatic heterocycles. The second-order valence-electron chi connectivity index (χ2n) is 6.19. The number of ether oxygens (including phenoxy) is 2. The van der Waals surface area contributed by atoms with E-state index in [0.717, 1.165) is 25.7 Å². The number of hydrogen-bond donors (Lipinski definition) is 1. The number of rotatable bonds is 7. The number of hydrogen-bond acceptors (Lipinski definition) is 5. The molecule has 7 nitrogen and oxygen atoms in total. The number of likely N-dealkylation sites (tertiary alicyclic amines) is 1. The van der Waals surface area contributed by atoms with E-state index in [1.54, 1.807) is 29.2 Å². The van der Waals surface area contributed by atoms with Crippen LogP contribution in [0.2, 0.25) is 0 Å². The minimum absolute atomic E-state index is 0.180. The van der Waals surface area contributed by atoms with E-state index >= 15 is 0 Å². The maximum atomic E-state index is 12.3. The van der Waals surface area contributed by atoms with E-state index < -0.39 is 11.9 Å². The molecule has 1 aromatic rings. The first kappa shape index (κ1) is 19.8. The lowest BCUT2D eigenvalue weighted by Gasteiger charge is -2.35. The van der Waals surface area contributed by atoms with E-state index in [-0.39, 0.29) is 25.1 Å². The van der Waals surface area contributed by atoms with Gasteiger partial charge in [-0.15, -0.1) is 0 Å². The molecule has 26 heavy (non-hydrogen) atoms. The monoisotopic (exact) mass is 362 g/mol. The van der Waals surface area contributed by atoms with Gasteiger partial charge in [0.15, 0.2) is 6.61 Å². The van der Waals surface area contributed by atoms with E-state index in [2.05, 4.69) is 12.2 Å². The van der Waals surface area contributed by atoms with Crippen LogP contribution in [-0.4, -0.2) is 55.5 Å². The average molecular weight is 362 g/mol. The van der Waals surface area contributed by atoms with Crippen LogP contribution in [0.3, 0.4) is 0 Å². The second-order valence-corrected chi connectivity index (χ2v) is 6.19. The number of benzene rings is 1. The fourth-order valence-electron chi connectivity index (χ4n) is 3.11. The van der Waals surface area contributed by atoms with Crippen molar-refractivity contribution in [2.75, 3.05) is 26.8 Å². The topological polar surface area (TPSA) is 84.9 Å². The lowest BCUT2D eigenvalue weighted by Crippen LogP contribution is -2.45. The molecule has 0 unspecified atom stereocenters. The summed E-state index contributed by atoms with van der Waals surface area (Å²) >= 11 is 0. The van der Waals surface area contributed by atoms with Gasteiger partial charge in [-0.3, -0.25) is 14.4 Å². The zero-order valence-electron chi connectivity index (χ0n) is 15.3. The Morgan fingerprint density at radius 2 is 2.00 bits per heavy atom. The molecule has 1 aromatic carbocycles. The molecule has 1 N–H and O–H groups in total. The van der Waals surface area contributed by atoms with Gasteiger partial charge in [0.2, 0.25) is 0 Å². The Bertz CT molecular complexity index is 647. The van der Waals surface area contributed by atoms with Crippen molar-refractivity contribution in [3.05, 3.63) is 29.8 Å². The fraction of sp³-hybridized carbons (Fsp3) is 0.526. The number of para-hydroxylation sites is 1. The zero-order chi connectivity index (χ0) is 18.9. The molecule has 0 spiro atoms. The van der Waals surface area contributed by atoms with Gasteiger partial charge in [0.1, 0.15) is 12.3 Å². The summed E-state index contributed by atoms with van der Waals surface area (Å²) in [6.07, 6.45) is 3.99. The predicted octanol–water partition coefficient (Wildman–Crippen LogP) is 1.76. The molecule has 0 aliphatic carbocycles. The third kappa shape index (κ3) is 5.21. The van der Waals surface area contributed by atoms with Gasteiger partial charge in [-0.25, -0.2) is 0 Å². The van der Waals surface area contributed by atoms with Gasteiger partial charge in [-0.1, -0.05) is 19.1 Å². The van der Waals surface area contributed by atoms with Crippen molar-refractivity contribution in [2.24, 2.45) is 0 Å². The van der Waals surface area contributed by atoms with Gasteiger partial charge in [-0.05, 0) is 37.8 Å². The van der Waals surface area contributed by atoms with Crippen LogP contribution in [0.4, 0.5) is 0 Å². The van der Waals surface area contributed by atoms with Crippen LogP contribution >= 0.6 is 0 Å². The number of nitrogens with one attached hydrogen (secondary N) is 1. The molecule has 1 saturated heterocycles. The highest BCUT2D eigenvalue weighted by Crippen LogP contribution is 2.19. The quantitative estimate of drug-likeness (QED) is 0.747. The summed E-state index contributed by atoms with van der Waals surface area (Å²) < 4.78 is 10.1. The molecule has 1 aliphatic rings. The molecule has 0 saturated carbocycles. The summed E-state index contributed by atoms with van der Waals surface area (Å²) in [5, 5.41) is 2.48. The molecule has 0 aromatic heterocycles. The molecule has 2 amide bonds. The summed E-state index contributed by atoms with van der Waals surface area (Å²) in [7, 11) is 1.47. The first-order valence-electron chi connectivity index (χ1n) is 8.93. The van der Waals surface area contributed by atoms with E-state index in [4.69, 9.17) is 9.47 Å². The highest BCUT2D eigenvalue weighted by molar-refractivity contribution is 5.98. The first-order valence-corrected chi connectivity index (χ1v) is 8.93. The van der Waals surface area contributed by atoms with Crippen LogP contribution in [0.5, 0.6) is 5.75 Å². The molecule has 142 valence electrons. The van der Waals surface area contributed by atoms with Gasteiger partial charge in [0, 0.05) is 12.6 Å². The SMILES string of the molecule is CC[C@@H]1CCCCN1C(=O)COC(=O)CNC(=O)c1ccccc1OC. The number of piperidine rings is 1. The van der Waals surface area contributed by atoms with Crippen LogP contribution in [-0.2, 0) is 14.3 Å².